The maximum Gasteiger partial charge on any atom is 0.275 e. The Kier molecular flexibility index (Phi) is 6.73. The van der Waals surface area contributed by atoms with E-state index in [2.05, 4.69) is 30.1 Å². The maximum absolute atomic E-state index is 12.8. The number of benzene rings is 1. The molecule has 8 nitrogen and oxygen atoms in total. The molecule has 1 fully saturated rings. The molecular weight excluding hydrogens is 436 g/mol. The Morgan fingerprint density at radius 2 is 1.90 bits per heavy atom. The first-order valence-corrected chi connectivity index (χ1v) is 11.1. The quantitative estimate of drug-likeness (QED) is 0.589. The SMILES string of the molecule is O=C(NCc1ccc(Cl)cc1)c1nnsc1NC(=O)C1CCN(c2ccccn2)CC1. The molecule has 1 aliphatic heterocycles. The molecule has 0 bridgehead atoms. The van der Waals surface area contributed by atoms with Crippen molar-refractivity contribution in [1.82, 2.24) is 19.9 Å². The molecule has 0 saturated carbocycles. The van der Waals surface area contributed by atoms with Crippen LogP contribution in [0.15, 0.2) is 48.7 Å². The molecule has 0 spiro atoms. The standard InChI is InChI=1S/C21H21ClN6O2S/c22-16-6-4-14(5-7-16)13-24-20(30)18-21(31-27-26-18)25-19(29)15-8-11-28(12-9-15)17-3-1-2-10-23-17/h1-7,10,15H,8-9,11-13H2,(H,24,30)(H,25,29). The molecule has 1 aromatic carbocycles. The average molecular weight is 457 g/mol. The highest BCUT2D eigenvalue weighted by Gasteiger charge is 2.27. The normalized spacial score (nSPS) is 14.3. The first-order valence-electron chi connectivity index (χ1n) is 9.92. The molecular formula is C21H21ClN6O2S. The summed E-state index contributed by atoms with van der Waals surface area (Å²) in [6, 6.07) is 13.0. The van der Waals surface area contributed by atoms with Crippen LogP contribution in [0.3, 0.4) is 0 Å². The monoisotopic (exact) mass is 456 g/mol. The van der Waals surface area contributed by atoms with Gasteiger partial charge in [0.05, 0.1) is 0 Å². The summed E-state index contributed by atoms with van der Waals surface area (Å²) in [5.74, 6) is 0.294. The average Bonchev–Trinajstić information content (AvgIpc) is 3.27. The van der Waals surface area contributed by atoms with Gasteiger partial charge in [0.1, 0.15) is 10.8 Å². The van der Waals surface area contributed by atoms with E-state index in [1.54, 1.807) is 18.3 Å². The Morgan fingerprint density at radius 3 is 2.61 bits per heavy atom. The third kappa shape index (κ3) is 5.36. The fourth-order valence-electron chi connectivity index (χ4n) is 3.42. The maximum atomic E-state index is 12.8. The predicted molar refractivity (Wildman–Crippen MR) is 120 cm³/mol. The lowest BCUT2D eigenvalue weighted by Gasteiger charge is -2.32. The Morgan fingerprint density at radius 1 is 1.13 bits per heavy atom. The zero-order chi connectivity index (χ0) is 21.6. The van der Waals surface area contributed by atoms with Crippen molar-refractivity contribution in [1.29, 1.82) is 0 Å². The number of anilines is 2. The van der Waals surface area contributed by atoms with Crippen molar-refractivity contribution in [2.75, 3.05) is 23.3 Å². The van der Waals surface area contributed by atoms with Crippen molar-refractivity contribution >= 4 is 45.8 Å². The lowest BCUT2D eigenvalue weighted by atomic mass is 9.96. The predicted octanol–water partition coefficient (Wildman–Crippen LogP) is 3.37. The van der Waals surface area contributed by atoms with E-state index in [-0.39, 0.29) is 23.4 Å². The van der Waals surface area contributed by atoms with Crippen LogP contribution in [0.1, 0.15) is 28.9 Å². The summed E-state index contributed by atoms with van der Waals surface area (Å²) in [6.45, 7) is 1.84. The summed E-state index contributed by atoms with van der Waals surface area (Å²) in [4.78, 5) is 31.8. The smallest absolute Gasteiger partial charge is 0.275 e. The molecule has 0 aliphatic carbocycles. The largest absolute Gasteiger partial charge is 0.357 e. The third-order valence-electron chi connectivity index (χ3n) is 5.15. The summed E-state index contributed by atoms with van der Waals surface area (Å²) in [5.41, 5.74) is 1.03. The second-order valence-corrected chi connectivity index (χ2v) is 8.39. The molecule has 2 amide bonds. The van der Waals surface area contributed by atoms with Crippen molar-refractivity contribution in [3.8, 4) is 0 Å². The van der Waals surface area contributed by atoms with Crippen LogP contribution < -0.4 is 15.5 Å². The number of carbonyl (C=O) groups is 2. The Hall–Kier alpha value is -3.04. The van der Waals surface area contributed by atoms with E-state index in [1.165, 1.54) is 0 Å². The highest BCUT2D eigenvalue weighted by atomic mass is 35.5. The van der Waals surface area contributed by atoms with Crippen molar-refractivity contribution in [3.63, 3.8) is 0 Å². The number of hydrogen-bond acceptors (Lipinski definition) is 7. The number of piperidine rings is 1. The van der Waals surface area contributed by atoms with Gasteiger partial charge in [0, 0.05) is 48.3 Å². The number of rotatable bonds is 6. The fraction of sp³-hybridized carbons (Fsp3) is 0.286. The molecule has 3 heterocycles. The van der Waals surface area contributed by atoms with Crippen molar-refractivity contribution in [2.24, 2.45) is 5.92 Å². The second kappa shape index (κ2) is 9.84. The van der Waals surface area contributed by atoms with Crippen LogP contribution in [-0.4, -0.2) is 39.5 Å². The molecule has 2 aromatic heterocycles. The van der Waals surface area contributed by atoms with Crippen LogP contribution in [0, 0.1) is 5.92 Å². The number of nitrogens with one attached hydrogen (secondary N) is 2. The number of aromatic nitrogens is 3. The zero-order valence-corrected chi connectivity index (χ0v) is 18.2. The molecule has 160 valence electrons. The van der Waals surface area contributed by atoms with E-state index < -0.39 is 0 Å². The molecule has 2 N–H and O–H groups in total. The molecule has 1 saturated heterocycles. The molecule has 0 radical (unpaired) electrons. The molecule has 31 heavy (non-hydrogen) atoms. The number of hydrogen-bond donors (Lipinski definition) is 2. The van der Waals surface area contributed by atoms with Crippen LogP contribution in [0.2, 0.25) is 5.02 Å². The van der Waals surface area contributed by atoms with Gasteiger partial charge in [-0.25, -0.2) is 4.98 Å². The number of amides is 2. The summed E-state index contributed by atoms with van der Waals surface area (Å²) in [7, 11) is 0. The van der Waals surface area contributed by atoms with E-state index >= 15 is 0 Å². The van der Waals surface area contributed by atoms with Crippen LogP contribution >= 0.6 is 23.1 Å². The molecule has 3 aromatic rings. The van der Waals surface area contributed by atoms with Crippen LogP contribution in [0.25, 0.3) is 0 Å². The van der Waals surface area contributed by atoms with Gasteiger partial charge in [-0.05, 0) is 42.7 Å². The van der Waals surface area contributed by atoms with Gasteiger partial charge in [-0.15, -0.1) is 5.10 Å². The van der Waals surface area contributed by atoms with Gasteiger partial charge in [0.2, 0.25) is 5.91 Å². The molecule has 0 atom stereocenters. The van der Waals surface area contributed by atoms with E-state index in [1.807, 2.05) is 30.3 Å². The summed E-state index contributed by atoms with van der Waals surface area (Å²) < 4.78 is 3.84. The minimum absolute atomic E-state index is 0.113. The number of halogens is 1. The number of pyridine rings is 1. The van der Waals surface area contributed by atoms with Crippen molar-refractivity contribution < 1.29 is 9.59 Å². The Labute approximate surface area is 188 Å². The van der Waals surface area contributed by atoms with Gasteiger partial charge >= 0.3 is 0 Å². The van der Waals surface area contributed by atoms with Gasteiger partial charge in [-0.3, -0.25) is 9.59 Å². The first kappa shape index (κ1) is 21.2. The summed E-state index contributed by atoms with van der Waals surface area (Å²) >= 11 is 6.88. The molecule has 0 unspecified atom stereocenters. The number of carbonyl (C=O) groups excluding carboxylic acids is 2. The van der Waals surface area contributed by atoms with E-state index in [4.69, 9.17) is 11.6 Å². The third-order valence-corrected chi connectivity index (χ3v) is 6.04. The van der Waals surface area contributed by atoms with E-state index in [9.17, 15) is 9.59 Å². The fourth-order valence-corrected chi connectivity index (χ4v) is 4.11. The van der Waals surface area contributed by atoms with Gasteiger partial charge in [0.15, 0.2) is 5.69 Å². The van der Waals surface area contributed by atoms with Crippen LogP contribution in [0.4, 0.5) is 10.8 Å². The number of nitrogens with zero attached hydrogens (tertiary/aromatic N) is 4. The Balaban J connectivity index is 1.31. The summed E-state index contributed by atoms with van der Waals surface area (Å²) in [5, 5.41) is 10.5. The van der Waals surface area contributed by atoms with Crippen molar-refractivity contribution in [3.05, 3.63) is 64.9 Å². The first-order chi connectivity index (χ1) is 15.1. The van der Waals surface area contributed by atoms with E-state index in [0.29, 0.717) is 29.4 Å². The lowest BCUT2D eigenvalue weighted by molar-refractivity contribution is -0.120. The molecule has 10 heteroatoms. The zero-order valence-electron chi connectivity index (χ0n) is 16.6. The van der Waals surface area contributed by atoms with Gasteiger partial charge in [-0.2, -0.15) is 0 Å². The minimum atomic E-state index is -0.385. The topological polar surface area (TPSA) is 100 Å². The van der Waals surface area contributed by atoms with Gasteiger partial charge < -0.3 is 15.5 Å². The van der Waals surface area contributed by atoms with Crippen molar-refractivity contribution in [2.45, 2.75) is 19.4 Å². The van der Waals surface area contributed by atoms with Crippen LogP contribution in [-0.2, 0) is 11.3 Å². The highest BCUT2D eigenvalue weighted by Crippen LogP contribution is 2.25. The Bertz CT molecular complexity index is 1040. The van der Waals surface area contributed by atoms with Gasteiger partial charge in [-0.1, -0.05) is 34.3 Å². The second-order valence-electron chi connectivity index (χ2n) is 7.20. The van der Waals surface area contributed by atoms with E-state index in [0.717, 1.165) is 36.0 Å². The highest BCUT2D eigenvalue weighted by molar-refractivity contribution is 7.10. The van der Waals surface area contributed by atoms with Gasteiger partial charge in [0.25, 0.3) is 5.91 Å². The molecule has 1 aliphatic rings. The summed E-state index contributed by atoms with van der Waals surface area (Å²) in [6.07, 6.45) is 3.20. The molecule has 4 rings (SSSR count). The lowest BCUT2D eigenvalue weighted by Crippen LogP contribution is -2.38. The van der Waals surface area contributed by atoms with Crippen LogP contribution in [0.5, 0.6) is 0 Å². The minimum Gasteiger partial charge on any atom is -0.357 e.